The molecule has 0 spiro atoms. The van der Waals surface area contributed by atoms with Gasteiger partial charge in [-0.2, -0.15) is 5.10 Å². The lowest BCUT2D eigenvalue weighted by Gasteiger charge is -2.47. The van der Waals surface area contributed by atoms with Crippen LogP contribution in [0.15, 0.2) is 24.3 Å². The second kappa shape index (κ2) is 5.31. The second-order valence-corrected chi connectivity index (χ2v) is 5.75. The first-order valence-electron chi connectivity index (χ1n) is 7.29. The maximum atomic E-state index is 13.0. The van der Waals surface area contributed by atoms with Crippen molar-refractivity contribution in [1.29, 1.82) is 0 Å². The maximum Gasteiger partial charge on any atom is 0.334 e. The molecule has 0 amide bonds. The number of aryl methyl sites for hydroxylation is 2. The molecule has 8 heteroatoms. The van der Waals surface area contributed by atoms with Crippen LogP contribution >= 0.6 is 0 Å². The summed E-state index contributed by atoms with van der Waals surface area (Å²) in [4.78, 5) is 12.6. The van der Waals surface area contributed by atoms with Gasteiger partial charge in [0.05, 0.1) is 18.0 Å². The van der Waals surface area contributed by atoms with Crippen molar-refractivity contribution >= 4 is 11.5 Å². The van der Waals surface area contributed by atoms with E-state index in [1.165, 1.54) is 28.9 Å². The Morgan fingerprint density at radius 1 is 1.39 bits per heavy atom. The third kappa shape index (κ3) is 2.44. The van der Waals surface area contributed by atoms with Crippen LogP contribution in [0.2, 0.25) is 0 Å². The quantitative estimate of drug-likeness (QED) is 0.685. The summed E-state index contributed by atoms with van der Waals surface area (Å²) in [7, 11) is 1.65. The van der Waals surface area contributed by atoms with Crippen molar-refractivity contribution in [2.75, 3.05) is 18.0 Å². The zero-order valence-corrected chi connectivity index (χ0v) is 12.9. The van der Waals surface area contributed by atoms with E-state index < -0.39 is 10.5 Å². The van der Waals surface area contributed by atoms with Crippen molar-refractivity contribution < 1.29 is 14.4 Å². The van der Waals surface area contributed by atoms with Crippen molar-refractivity contribution in [2.24, 2.45) is 7.05 Å². The van der Waals surface area contributed by atoms with Crippen molar-refractivity contribution in [3.05, 3.63) is 51.5 Å². The highest BCUT2D eigenvalue weighted by atomic mass is 19.1. The molecule has 0 aliphatic carbocycles. The van der Waals surface area contributed by atoms with Gasteiger partial charge in [0.2, 0.25) is 5.82 Å². The number of aliphatic hydroxyl groups is 1. The number of nitrogens with zero attached hydrogens (tertiary/aromatic N) is 4. The minimum Gasteiger partial charge on any atom is -0.381 e. The predicted octanol–water partition coefficient (Wildman–Crippen LogP) is 1.74. The summed E-state index contributed by atoms with van der Waals surface area (Å²) < 4.78 is 14.5. The molecule has 1 N–H and O–H groups in total. The molecule has 0 bridgehead atoms. The van der Waals surface area contributed by atoms with Crippen LogP contribution in [0.5, 0.6) is 0 Å². The van der Waals surface area contributed by atoms with Crippen molar-refractivity contribution in [1.82, 2.24) is 9.78 Å². The third-order valence-corrected chi connectivity index (χ3v) is 4.17. The fraction of sp³-hybridized carbons (Fsp3) is 0.400. The minimum absolute atomic E-state index is 0.0174. The molecule has 1 fully saturated rings. The van der Waals surface area contributed by atoms with E-state index in [-0.39, 0.29) is 24.6 Å². The van der Waals surface area contributed by atoms with Crippen LogP contribution in [-0.4, -0.2) is 32.9 Å². The fourth-order valence-electron chi connectivity index (χ4n) is 3.02. The molecule has 1 aliphatic rings. The lowest BCUT2D eigenvalue weighted by molar-refractivity contribution is -0.385. The van der Waals surface area contributed by atoms with E-state index in [1.54, 1.807) is 11.9 Å². The summed E-state index contributed by atoms with van der Waals surface area (Å²) in [6.07, 6.45) is 0.459. The Morgan fingerprint density at radius 3 is 2.52 bits per heavy atom. The largest absolute Gasteiger partial charge is 0.381 e. The molecule has 0 radical (unpaired) electrons. The van der Waals surface area contributed by atoms with Gasteiger partial charge >= 0.3 is 5.69 Å². The SMILES string of the molecule is CCc1nn(C)c(N2CC(O)(c3ccc(F)cc3)C2)c1[N+](=O)[O-]. The highest BCUT2D eigenvalue weighted by Gasteiger charge is 2.46. The van der Waals surface area contributed by atoms with E-state index in [0.29, 0.717) is 23.5 Å². The summed E-state index contributed by atoms with van der Waals surface area (Å²) in [6.45, 7) is 2.20. The van der Waals surface area contributed by atoms with E-state index in [9.17, 15) is 19.6 Å². The smallest absolute Gasteiger partial charge is 0.334 e. The van der Waals surface area contributed by atoms with Gasteiger partial charge < -0.3 is 10.0 Å². The second-order valence-electron chi connectivity index (χ2n) is 5.75. The average Bonchev–Trinajstić information content (AvgIpc) is 2.81. The zero-order valence-electron chi connectivity index (χ0n) is 12.9. The van der Waals surface area contributed by atoms with E-state index in [4.69, 9.17) is 0 Å². The molecule has 2 heterocycles. The molecule has 122 valence electrons. The molecule has 1 aromatic heterocycles. The number of benzene rings is 1. The van der Waals surface area contributed by atoms with Crippen LogP contribution in [0.4, 0.5) is 15.9 Å². The van der Waals surface area contributed by atoms with Crippen molar-refractivity contribution in [3.63, 3.8) is 0 Å². The van der Waals surface area contributed by atoms with Gasteiger partial charge in [-0.3, -0.25) is 10.1 Å². The number of β-amino-alcohol motifs (C(OH)–C–C–N with tert-alkyl or cyclic N) is 1. The van der Waals surface area contributed by atoms with Crippen LogP contribution < -0.4 is 4.90 Å². The summed E-state index contributed by atoms with van der Waals surface area (Å²) in [5.41, 5.74) is -0.144. The van der Waals surface area contributed by atoms with Crippen molar-refractivity contribution in [2.45, 2.75) is 18.9 Å². The van der Waals surface area contributed by atoms with E-state index >= 15 is 0 Å². The van der Waals surface area contributed by atoms with Crippen LogP contribution in [-0.2, 0) is 19.1 Å². The third-order valence-electron chi connectivity index (χ3n) is 4.17. The molecule has 1 saturated heterocycles. The highest BCUT2D eigenvalue weighted by Crippen LogP contribution is 2.40. The van der Waals surface area contributed by atoms with Crippen LogP contribution in [0.25, 0.3) is 0 Å². The maximum absolute atomic E-state index is 13.0. The molecule has 23 heavy (non-hydrogen) atoms. The average molecular weight is 320 g/mol. The van der Waals surface area contributed by atoms with Gasteiger partial charge in [-0.1, -0.05) is 19.1 Å². The molecule has 0 saturated carbocycles. The number of halogens is 1. The van der Waals surface area contributed by atoms with Gasteiger partial charge in [0.25, 0.3) is 0 Å². The van der Waals surface area contributed by atoms with Crippen LogP contribution in [0, 0.1) is 15.9 Å². The van der Waals surface area contributed by atoms with Crippen LogP contribution in [0.1, 0.15) is 18.2 Å². The number of hydrogen-bond donors (Lipinski definition) is 1. The Labute approximate surface area is 132 Å². The number of anilines is 1. The normalized spacial score (nSPS) is 16.3. The molecular formula is C15H17FN4O3. The standard InChI is InChI=1S/C15H17FN4O3/c1-3-12-13(20(22)23)14(18(2)17-12)19-8-15(21,9-19)10-4-6-11(16)7-5-10/h4-7,21H,3,8-9H2,1-2H3. The first kappa shape index (κ1) is 15.4. The van der Waals surface area contributed by atoms with Gasteiger partial charge in [-0.25, -0.2) is 9.07 Å². The molecule has 1 aliphatic heterocycles. The highest BCUT2D eigenvalue weighted by molar-refractivity contribution is 5.64. The Kier molecular flexibility index (Phi) is 3.56. The summed E-state index contributed by atoms with van der Waals surface area (Å²) in [5, 5.41) is 26.2. The fourth-order valence-corrected chi connectivity index (χ4v) is 3.02. The minimum atomic E-state index is -1.14. The Bertz CT molecular complexity index is 751. The summed E-state index contributed by atoms with van der Waals surface area (Å²) in [5.74, 6) is 0.0158. The Hall–Kier alpha value is -2.48. The van der Waals surface area contributed by atoms with Gasteiger partial charge in [0.15, 0.2) is 0 Å². The monoisotopic (exact) mass is 320 g/mol. The summed E-state index contributed by atoms with van der Waals surface area (Å²) >= 11 is 0. The lowest BCUT2D eigenvalue weighted by Crippen LogP contribution is -2.60. The van der Waals surface area contributed by atoms with E-state index in [2.05, 4.69) is 5.10 Å². The number of hydrogen-bond acceptors (Lipinski definition) is 5. The zero-order chi connectivity index (χ0) is 16.8. The van der Waals surface area contributed by atoms with E-state index in [0.717, 1.165) is 0 Å². The molecule has 0 unspecified atom stereocenters. The molecular weight excluding hydrogens is 303 g/mol. The lowest BCUT2D eigenvalue weighted by atomic mass is 9.86. The number of nitro groups is 1. The van der Waals surface area contributed by atoms with Crippen LogP contribution in [0.3, 0.4) is 0 Å². The molecule has 3 rings (SSSR count). The van der Waals surface area contributed by atoms with Gasteiger partial charge in [0, 0.05) is 7.05 Å². The molecule has 2 aromatic rings. The molecule has 0 atom stereocenters. The summed E-state index contributed by atoms with van der Waals surface area (Å²) in [6, 6.07) is 5.64. The predicted molar refractivity (Wildman–Crippen MR) is 81.8 cm³/mol. The molecule has 1 aromatic carbocycles. The van der Waals surface area contributed by atoms with Gasteiger partial charge in [-0.05, 0) is 24.1 Å². The Balaban J connectivity index is 1.88. The molecule has 7 nitrogen and oxygen atoms in total. The number of rotatable bonds is 4. The van der Waals surface area contributed by atoms with Gasteiger partial charge in [-0.15, -0.1) is 0 Å². The van der Waals surface area contributed by atoms with Crippen molar-refractivity contribution in [3.8, 4) is 0 Å². The first-order valence-corrected chi connectivity index (χ1v) is 7.29. The first-order chi connectivity index (χ1) is 10.9. The Morgan fingerprint density at radius 2 is 2.00 bits per heavy atom. The topological polar surface area (TPSA) is 84.4 Å². The van der Waals surface area contributed by atoms with E-state index in [1.807, 2.05) is 6.92 Å². The van der Waals surface area contributed by atoms with Gasteiger partial charge in [0.1, 0.15) is 17.1 Å². The number of aromatic nitrogens is 2.